The summed E-state index contributed by atoms with van der Waals surface area (Å²) in [7, 11) is 1.71. The Kier molecular flexibility index (Phi) is 5.66. The highest BCUT2D eigenvalue weighted by Crippen LogP contribution is 2.24. The minimum Gasteiger partial charge on any atom is -0.496 e. The lowest BCUT2D eigenvalue weighted by molar-refractivity contribution is 0.403. The molecular formula is C18H22ClNO. The molecule has 21 heavy (non-hydrogen) atoms. The van der Waals surface area contributed by atoms with Crippen LogP contribution < -0.4 is 10.1 Å². The predicted molar refractivity (Wildman–Crippen MR) is 89.2 cm³/mol. The van der Waals surface area contributed by atoms with E-state index in [1.807, 2.05) is 36.4 Å². The molecule has 0 spiro atoms. The van der Waals surface area contributed by atoms with E-state index in [0.717, 1.165) is 22.8 Å². The number of benzene rings is 2. The Labute approximate surface area is 132 Å². The van der Waals surface area contributed by atoms with Gasteiger partial charge in [0, 0.05) is 17.1 Å². The number of ether oxygens (including phenoxy) is 1. The molecule has 0 radical (unpaired) electrons. The first-order valence-corrected chi connectivity index (χ1v) is 7.62. The number of hydrogen-bond acceptors (Lipinski definition) is 2. The van der Waals surface area contributed by atoms with Crippen molar-refractivity contribution in [2.24, 2.45) is 0 Å². The lowest BCUT2D eigenvalue weighted by Gasteiger charge is -2.22. The Morgan fingerprint density at radius 1 is 1.05 bits per heavy atom. The highest BCUT2D eigenvalue weighted by atomic mass is 35.5. The van der Waals surface area contributed by atoms with Crippen LogP contribution >= 0.6 is 11.6 Å². The van der Waals surface area contributed by atoms with E-state index in [1.165, 1.54) is 5.56 Å². The maximum atomic E-state index is 6.25. The Balaban J connectivity index is 2.01. The Morgan fingerprint density at radius 3 is 2.43 bits per heavy atom. The third-order valence-electron chi connectivity index (χ3n) is 3.62. The van der Waals surface area contributed by atoms with Gasteiger partial charge in [-0.3, -0.25) is 0 Å². The van der Waals surface area contributed by atoms with E-state index in [4.69, 9.17) is 16.3 Å². The summed E-state index contributed by atoms with van der Waals surface area (Å²) in [6.45, 7) is 4.32. The molecule has 0 saturated carbocycles. The lowest BCUT2D eigenvalue weighted by atomic mass is 10.0. The second kappa shape index (κ2) is 7.48. The smallest absolute Gasteiger partial charge is 0.122 e. The van der Waals surface area contributed by atoms with Gasteiger partial charge in [-0.15, -0.1) is 0 Å². The molecule has 3 heteroatoms. The summed E-state index contributed by atoms with van der Waals surface area (Å²) in [5.41, 5.74) is 2.34. The standard InChI is InChI=1S/C18H22ClNO/c1-13(12-15-8-4-7-11-18(15)21-3)20-14(2)16-9-5-6-10-17(16)19/h4-11,13-14,20H,12H2,1-3H3/t13?,14-/m1/s1. The molecule has 0 fully saturated rings. The fraction of sp³-hybridized carbons (Fsp3) is 0.333. The topological polar surface area (TPSA) is 21.3 Å². The third kappa shape index (κ3) is 4.23. The number of rotatable bonds is 6. The SMILES string of the molecule is COc1ccccc1CC(C)N[C@H](C)c1ccccc1Cl. The quantitative estimate of drug-likeness (QED) is 0.840. The Bertz CT molecular complexity index is 585. The van der Waals surface area contributed by atoms with Crippen molar-refractivity contribution in [3.8, 4) is 5.75 Å². The second-order valence-corrected chi connectivity index (χ2v) is 5.73. The van der Waals surface area contributed by atoms with Gasteiger partial charge in [-0.05, 0) is 43.5 Å². The summed E-state index contributed by atoms with van der Waals surface area (Å²) in [5, 5.41) is 4.40. The first-order valence-electron chi connectivity index (χ1n) is 7.24. The van der Waals surface area contributed by atoms with Gasteiger partial charge >= 0.3 is 0 Å². The number of hydrogen-bond donors (Lipinski definition) is 1. The highest BCUT2D eigenvalue weighted by Gasteiger charge is 2.13. The van der Waals surface area contributed by atoms with Crippen LogP contribution in [0.3, 0.4) is 0 Å². The molecule has 0 heterocycles. The summed E-state index contributed by atoms with van der Waals surface area (Å²) >= 11 is 6.25. The monoisotopic (exact) mass is 303 g/mol. The van der Waals surface area contributed by atoms with Crippen molar-refractivity contribution in [3.63, 3.8) is 0 Å². The van der Waals surface area contributed by atoms with E-state index < -0.39 is 0 Å². The summed E-state index contributed by atoms with van der Waals surface area (Å²) in [6.07, 6.45) is 0.915. The second-order valence-electron chi connectivity index (χ2n) is 5.33. The van der Waals surface area contributed by atoms with Gasteiger partial charge in [-0.2, -0.15) is 0 Å². The number of nitrogens with one attached hydrogen (secondary N) is 1. The lowest BCUT2D eigenvalue weighted by Crippen LogP contribution is -2.31. The summed E-state index contributed by atoms with van der Waals surface area (Å²) in [5.74, 6) is 0.941. The molecule has 0 bridgehead atoms. The minimum absolute atomic E-state index is 0.211. The number of halogens is 1. The predicted octanol–water partition coefficient (Wildman–Crippen LogP) is 4.63. The Morgan fingerprint density at radius 2 is 1.71 bits per heavy atom. The molecule has 112 valence electrons. The van der Waals surface area contributed by atoms with Crippen molar-refractivity contribution in [1.82, 2.24) is 5.32 Å². The van der Waals surface area contributed by atoms with Crippen LogP contribution in [0.2, 0.25) is 5.02 Å². The maximum Gasteiger partial charge on any atom is 0.122 e. The molecule has 2 nitrogen and oxygen atoms in total. The van der Waals surface area contributed by atoms with Crippen molar-refractivity contribution in [2.45, 2.75) is 32.4 Å². The highest BCUT2D eigenvalue weighted by molar-refractivity contribution is 6.31. The van der Waals surface area contributed by atoms with Crippen molar-refractivity contribution in [3.05, 3.63) is 64.7 Å². The van der Waals surface area contributed by atoms with Crippen LogP contribution in [0.4, 0.5) is 0 Å². The minimum atomic E-state index is 0.211. The van der Waals surface area contributed by atoms with Crippen LogP contribution in [0.5, 0.6) is 5.75 Å². The van der Waals surface area contributed by atoms with Crippen LogP contribution in [0.25, 0.3) is 0 Å². The molecular weight excluding hydrogens is 282 g/mol. The first-order chi connectivity index (χ1) is 10.1. The molecule has 0 aliphatic rings. The van der Waals surface area contributed by atoms with Gasteiger partial charge in [-0.1, -0.05) is 48.0 Å². The molecule has 0 amide bonds. The van der Waals surface area contributed by atoms with E-state index in [2.05, 4.69) is 31.3 Å². The molecule has 1 unspecified atom stereocenters. The molecule has 0 aromatic heterocycles. The fourth-order valence-electron chi connectivity index (χ4n) is 2.60. The molecule has 2 aromatic carbocycles. The van der Waals surface area contributed by atoms with E-state index in [0.29, 0.717) is 6.04 Å². The van der Waals surface area contributed by atoms with Crippen molar-refractivity contribution in [1.29, 1.82) is 0 Å². The largest absolute Gasteiger partial charge is 0.496 e. The zero-order valence-corrected chi connectivity index (χ0v) is 13.5. The fourth-order valence-corrected chi connectivity index (χ4v) is 2.90. The molecule has 1 N–H and O–H groups in total. The summed E-state index contributed by atoms with van der Waals surface area (Å²) in [6, 6.07) is 16.7. The third-order valence-corrected chi connectivity index (χ3v) is 3.97. The van der Waals surface area contributed by atoms with Gasteiger partial charge in [0.2, 0.25) is 0 Å². The molecule has 0 aliphatic carbocycles. The van der Waals surface area contributed by atoms with Gasteiger partial charge < -0.3 is 10.1 Å². The number of methoxy groups -OCH3 is 1. The average molecular weight is 304 g/mol. The summed E-state index contributed by atoms with van der Waals surface area (Å²) < 4.78 is 5.41. The Hall–Kier alpha value is -1.51. The van der Waals surface area contributed by atoms with Crippen LogP contribution in [0.1, 0.15) is 31.0 Å². The maximum absolute atomic E-state index is 6.25. The van der Waals surface area contributed by atoms with Crippen LogP contribution in [0, 0.1) is 0 Å². The zero-order valence-electron chi connectivity index (χ0n) is 12.8. The van der Waals surface area contributed by atoms with Gasteiger partial charge in [0.25, 0.3) is 0 Å². The average Bonchev–Trinajstić information content (AvgIpc) is 2.48. The molecule has 0 saturated heterocycles. The van der Waals surface area contributed by atoms with E-state index in [1.54, 1.807) is 7.11 Å². The van der Waals surface area contributed by atoms with E-state index >= 15 is 0 Å². The molecule has 2 aromatic rings. The van der Waals surface area contributed by atoms with Gasteiger partial charge in [0.1, 0.15) is 5.75 Å². The molecule has 0 aliphatic heterocycles. The summed E-state index contributed by atoms with van der Waals surface area (Å²) in [4.78, 5) is 0. The van der Waals surface area contributed by atoms with Gasteiger partial charge in [0.15, 0.2) is 0 Å². The van der Waals surface area contributed by atoms with Crippen molar-refractivity contribution < 1.29 is 4.74 Å². The van der Waals surface area contributed by atoms with Gasteiger partial charge in [0.05, 0.1) is 7.11 Å². The van der Waals surface area contributed by atoms with Crippen LogP contribution in [-0.2, 0) is 6.42 Å². The normalized spacial score (nSPS) is 13.7. The first kappa shape index (κ1) is 15.9. The van der Waals surface area contributed by atoms with Crippen molar-refractivity contribution >= 4 is 11.6 Å². The van der Waals surface area contributed by atoms with Gasteiger partial charge in [-0.25, -0.2) is 0 Å². The van der Waals surface area contributed by atoms with Crippen LogP contribution in [0.15, 0.2) is 48.5 Å². The van der Waals surface area contributed by atoms with E-state index in [-0.39, 0.29) is 6.04 Å². The van der Waals surface area contributed by atoms with Crippen molar-refractivity contribution in [2.75, 3.05) is 7.11 Å². The van der Waals surface area contributed by atoms with E-state index in [9.17, 15) is 0 Å². The molecule has 2 atom stereocenters. The van der Waals surface area contributed by atoms with Crippen LogP contribution in [-0.4, -0.2) is 13.2 Å². The molecule has 2 rings (SSSR count). The zero-order chi connectivity index (χ0) is 15.2. The number of para-hydroxylation sites is 1.